The van der Waals surface area contributed by atoms with Crippen molar-refractivity contribution in [1.29, 1.82) is 0 Å². The maximum absolute atomic E-state index is 12.9. The number of aromatic amines is 1. The van der Waals surface area contributed by atoms with Gasteiger partial charge in [0.15, 0.2) is 0 Å². The van der Waals surface area contributed by atoms with Crippen LogP contribution >= 0.6 is 11.6 Å². The van der Waals surface area contributed by atoms with E-state index in [9.17, 15) is 4.21 Å². The number of rotatable bonds is 7. The standard InChI is InChI=1S/C24H26ClN3O2S/c1-5-31(4,29)18-8-6-7-16(13-18)19-9-10-21(30-12-11-28(2)3)23-22(19)20-14-17(25)15-26-24(20)27-23/h6-10,13-15H,4-5,11-12H2,1-3H3,(H,26,27). The lowest BCUT2D eigenvalue weighted by Gasteiger charge is -2.14. The number of nitrogens with one attached hydrogen (secondary N) is 1. The normalized spacial score (nSPS) is 13.7. The van der Waals surface area contributed by atoms with E-state index in [2.05, 4.69) is 20.7 Å². The van der Waals surface area contributed by atoms with E-state index in [4.69, 9.17) is 16.3 Å². The van der Waals surface area contributed by atoms with Gasteiger partial charge in [-0.3, -0.25) is 4.21 Å². The zero-order chi connectivity index (χ0) is 22.2. The van der Waals surface area contributed by atoms with E-state index in [-0.39, 0.29) is 0 Å². The van der Waals surface area contributed by atoms with Crippen LogP contribution in [0.15, 0.2) is 53.6 Å². The van der Waals surface area contributed by atoms with E-state index in [1.165, 1.54) is 0 Å². The summed E-state index contributed by atoms with van der Waals surface area (Å²) in [5, 5.41) is 2.47. The Morgan fingerprint density at radius 3 is 2.77 bits per heavy atom. The Kier molecular flexibility index (Phi) is 5.97. The molecule has 7 heteroatoms. The molecule has 0 amide bonds. The number of nitrogens with zero attached hydrogens (tertiary/aromatic N) is 2. The second-order valence-corrected chi connectivity index (χ2v) is 10.9. The van der Waals surface area contributed by atoms with Crippen LogP contribution in [0.2, 0.25) is 5.02 Å². The molecule has 0 saturated heterocycles. The smallest absolute Gasteiger partial charge is 0.143 e. The third-order valence-corrected chi connectivity index (χ3v) is 7.62. The maximum atomic E-state index is 12.9. The molecule has 31 heavy (non-hydrogen) atoms. The highest BCUT2D eigenvalue weighted by molar-refractivity contribution is 8.00. The Morgan fingerprint density at radius 1 is 1.23 bits per heavy atom. The fraction of sp³-hybridized carbons (Fsp3) is 0.250. The topological polar surface area (TPSA) is 58.2 Å². The summed E-state index contributed by atoms with van der Waals surface area (Å²) in [5.74, 6) is 5.20. The van der Waals surface area contributed by atoms with Gasteiger partial charge in [0, 0.05) is 34.2 Å². The Labute approximate surface area is 188 Å². The van der Waals surface area contributed by atoms with Crippen LogP contribution in [-0.4, -0.2) is 57.9 Å². The molecule has 1 atom stereocenters. The number of halogens is 1. The van der Waals surface area contributed by atoms with Crippen LogP contribution in [-0.2, 0) is 9.52 Å². The molecule has 2 aromatic carbocycles. The molecule has 4 aromatic rings. The highest BCUT2D eigenvalue weighted by atomic mass is 35.5. The predicted molar refractivity (Wildman–Crippen MR) is 132 cm³/mol. The number of aromatic nitrogens is 2. The first-order valence-electron chi connectivity index (χ1n) is 10.1. The van der Waals surface area contributed by atoms with E-state index in [1.54, 1.807) is 6.20 Å². The molecule has 1 N–H and O–H groups in total. The lowest BCUT2D eigenvalue weighted by atomic mass is 9.99. The molecule has 0 spiro atoms. The van der Waals surface area contributed by atoms with Gasteiger partial charge in [0.25, 0.3) is 0 Å². The average Bonchev–Trinajstić information content (AvgIpc) is 3.13. The summed E-state index contributed by atoms with van der Waals surface area (Å²) in [6.07, 6.45) is 1.63. The average molecular weight is 456 g/mol. The van der Waals surface area contributed by atoms with E-state index in [0.717, 1.165) is 50.3 Å². The van der Waals surface area contributed by atoms with Crippen LogP contribution in [0.25, 0.3) is 33.1 Å². The third-order valence-electron chi connectivity index (χ3n) is 5.37. The van der Waals surface area contributed by atoms with Crippen LogP contribution in [0.5, 0.6) is 5.75 Å². The van der Waals surface area contributed by atoms with Crippen molar-refractivity contribution >= 4 is 48.9 Å². The van der Waals surface area contributed by atoms with E-state index < -0.39 is 9.52 Å². The van der Waals surface area contributed by atoms with E-state index in [0.29, 0.717) is 17.4 Å². The van der Waals surface area contributed by atoms with Crippen molar-refractivity contribution in [3.8, 4) is 16.9 Å². The molecule has 2 aromatic heterocycles. The first kappa shape index (κ1) is 21.7. The van der Waals surface area contributed by atoms with Gasteiger partial charge in [0.05, 0.1) is 10.5 Å². The number of H-pyrrole nitrogens is 1. The minimum atomic E-state index is -2.32. The Hall–Kier alpha value is -2.54. The third kappa shape index (κ3) is 4.28. The van der Waals surface area contributed by atoms with Gasteiger partial charge in [0.2, 0.25) is 0 Å². The highest BCUT2D eigenvalue weighted by Gasteiger charge is 2.17. The maximum Gasteiger partial charge on any atom is 0.143 e. The lowest BCUT2D eigenvalue weighted by molar-refractivity contribution is 0.263. The predicted octanol–water partition coefficient (Wildman–Crippen LogP) is 5.07. The highest BCUT2D eigenvalue weighted by Crippen LogP contribution is 2.39. The molecule has 0 aliphatic rings. The van der Waals surface area contributed by atoms with Crippen molar-refractivity contribution in [2.24, 2.45) is 0 Å². The lowest BCUT2D eigenvalue weighted by Crippen LogP contribution is -2.19. The van der Waals surface area contributed by atoms with Gasteiger partial charge < -0.3 is 14.6 Å². The second kappa shape index (κ2) is 8.54. The van der Waals surface area contributed by atoms with Crippen LogP contribution < -0.4 is 4.74 Å². The summed E-state index contributed by atoms with van der Waals surface area (Å²) >= 11 is 6.28. The largest absolute Gasteiger partial charge is 0.490 e. The summed E-state index contributed by atoms with van der Waals surface area (Å²) in [5.41, 5.74) is 3.58. The Bertz CT molecular complexity index is 1360. The summed E-state index contributed by atoms with van der Waals surface area (Å²) in [6.45, 7) is 3.28. The molecule has 0 aliphatic carbocycles. The van der Waals surface area contributed by atoms with Gasteiger partial charge in [-0.25, -0.2) is 4.98 Å². The Balaban J connectivity index is 1.93. The molecule has 4 rings (SSSR count). The molecule has 0 radical (unpaired) electrons. The number of ether oxygens (including phenoxy) is 1. The van der Waals surface area contributed by atoms with E-state index >= 15 is 0 Å². The number of hydrogen-bond acceptors (Lipinski definition) is 4. The minimum Gasteiger partial charge on any atom is -0.490 e. The summed E-state index contributed by atoms with van der Waals surface area (Å²) in [7, 11) is 1.71. The molecular weight excluding hydrogens is 430 g/mol. The van der Waals surface area contributed by atoms with Gasteiger partial charge >= 0.3 is 0 Å². The first-order valence-corrected chi connectivity index (χ1v) is 12.4. The first-order chi connectivity index (χ1) is 14.8. The van der Waals surface area contributed by atoms with Crippen molar-refractivity contribution in [3.63, 3.8) is 0 Å². The zero-order valence-electron chi connectivity index (χ0n) is 17.9. The number of fused-ring (bicyclic) bond motifs is 3. The van der Waals surface area contributed by atoms with Crippen LogP contribution in [0.1, 0.15) is 6.92 Å². The summed E-state index contributed by atoms with van der Waals surface area (Å²) in [6, 6.07) is 13.7. The van der Waals surface area contributed by atoms with Crippen molar-refractivity contribution in [2.75, 3.05) is 33.0 Å². The van der Waals surface area contributed by atoms with Crippen molar-refractivity contribution in [3.05, 3.63) is 53.7 Å². The molecule has 2 heterocycles. The molecular formula is C24H26ClN3O2S. The second-order valence-electron chi connectivity index (χ2n) is 7.82. The Morgan fingerprint density at radius 2 is 2.03 bits per heavy atom. The van der Waals surface area contributed by atoms with E-state index in [1.807, 2.05) is 63.5 Å². The molecule has 162 valence electrons. The number of pyridine rings is 1. The van der Waals surface area contributed by atoms with Crippen LogP contribution in [0.4, 0.5) is 0 Å². The molecule has 1 unspecified atom stereocenters. The molecule has 0 aliphatic heterocycles. The SMILES string of the molecule is C=S(=O)(CC)c1cccc(-c2ccc(OCCN(C)C)c3[nH]c4ncc(Cl)cc4c23)c1. The van der Waals surface area contributed by atoms with Crippen molar-refractivity contribution < 1.29 is 8.95 Å². The number of benzene rings is 2. The van der Waals surface area contributed by atoms with Gasteiger partial charge in [-0.2, -0.15) is 0 Å². The number of likely N-dealkylation sites (N-methyl/N-ethyl adjacent to an activating group) is 1. The van der Waals surface area contributed by atoms with Gasteiger partial charge in [-0.05, 0) is 70.9 Å². The van der Waals surface area contributed by atoms with Gasteiger partial charge in [0.1, 0.15) is 18.0 Å². The quantitative estimate of drug-likeness (QED) is 0.395. The molecule has 5 nitrogen and oxygen atoms in total. The van der Waals surface area contributed by atoms with Crippen molar-refractivity contribution in [2.45, 2.75) is 11.8 Å². The van der Waals surface area contributed by atoms with Gasteiger partial charge in [-0.15, -0.1) is 0 Å². The number of hydrogen-bond donors (Lipinski definition) is 1. The van der Waals surface area contributed by atoms with Gasteiger partial charge in [-0.1, -0.05) is 30.7 Å². The fourth-order valence-electron chi connectivity index (χ4n) is 3.60. The van der Waals surface area contributed by atoms with Crippen LogP contribution in [0, 0.1) is 0 Å². The van der Waals surface area contributed by atoms with Crippen LogP contribution in [0.3, 0.4) is 0 Å². The molecule has 0 saturated carbocycles. The summed E-state index contributed by atoms with van der Waals surface area (Å²) < 4.78 is 19.0. The monoisotopic (exact) mass is 455 g/mol. The zero-order valence-corrected chi connectivity index (χ0v) is 19.5. The minimum absolute atomic E-state index is 0.497. The summed E-state index contributed by atoms with van der Waals surface area (Å²) in [4.78, 5) is 10.7. The fourth-order valence-corrected chi connectivity index (χ4v) is 4.76. The van der Waals surface area contributed by atoms with Crippen molar-refractivity contribution in [1.82, 2.24) is 14.9 Å². The molecule has 0 fully saturated rings. The molecule has 0 bridgehead atoms.